The number of para-hydroxylation sites is 1. The maximum atomic E-state index is 12.7. The first-order chi connectivity index (χ1) is 9.67. The molecule has 0 fully saturated rings. The molecule has 1 unspecified atom stereocenters. The zero-order valence-corrected chi connectivity index (χ0v) is 13.7. The summed E-state index contributed by atoms with van der Waals surface area (Å²) in [5.74, 6) is 0.291. The van der Waals surface area contributed by atoms with Crippen LogP contribution in [0.2, 0.25) is 0 Å². The molecule has 1 aromatic carbocycles. The number of unbranched alkanes of at least 4 members (excludes halogenated alkanes) is 1. The Morgan fingerprint density at radius 2 is 1.70 bits per heavy atom. The summed E-state index contributed by atoms with van der Waals surface area (Å²) in [5.41, 5.74) is 2.09. The number of hydrogen-bond donors (Lipinski definition) is 0. The number of anilines is 1. The van der Waals surface area contributed by atoms with Gasteiger partial charge in [-0.15, -0.1) is 0 Å². The lowest BCUT2D eigenvalue weighted by molar-refractivity contribution is -0.123. The standard InChI is InChI=1S/C16H23NO.C2H6/c1-4-6-12-16(11-5-2)13-9-7-8-10-14(13)17(3)15(16)18;1-2/h7-10H,4-6,11-12H2,1-3H3;1-2H3. The molecule has 0 aromatic heterocycles. The predicted octanol–water partition coefficient (Wildman–Crippen LogP) is 4.92. The Balaban J connectivity index is 0.000000956. The Hall–Kier alpha value is -1.31. The molecule has 1 atom stereocenters. The molecule has 1 aliphatic rings. The second kappa shape index (κ2) is 7.47. The molecule has 1 amide bonds. The van der Waals surface area contributed by atoms with Gasteiger partial charge in [0, 0.05) is 12.7 Å². The van der Waals surface area contributed by atoms with Gasteiger partial charge < -0.3 is 4.90 Å². The van der Waals surface area contributed by atoms with E-state index in [4.69, 9.17) is 0 Å². The number of likely N-dealkylation sites (N-methyl/N-ethyl adjacent to an activating group) is 1. The van der Waals surface area contributed by atoms with Crippen molar-refractivity contribution in [2.24, 2.45) is 0 Å². The van der Waals surface area contributed by atoms with E-state index in [-0.39, 0.29) is 5.41 Å². The number of rotatable bonds is 5. The van der Waals surface area contributed by atoms with E-state index in [0.29, 0.717) is 5.91 Å². The molecular formula is C18H29NO. The number of nitrogens with zero attached hydrogens (tertiary/aromatic N) is 1. The third-order valence-corrected chi connectivity index (χ3v) is 4.13. The summed E-state index contributed by atoms with van der Waals surface area (Å²) >= 11 is 0. The van der Waals surface area contributed by atoms with Crippen molar-refractivity contribution in [1.29, 1.82) is 0 Å². The van der Waals surface area contributed by atoms with Crippen LogP contribution < -0.4 is 4.90 Å². The maximum absolute atomic E-state index is 12.7. The molecule has 0 saturated heterocycles. The van der Waals surface area contributed by atoms with Crippen molar-refractivity contribution in [2.75, 3.05) is 11.9 Å². The minimum atomic E-state index is -0.254. The highest BCUT2D eigenvalue weighted by Crippen LogP contribution is 2.46. The lowest BCUT2D eigenvalue weighted by atomic mass is 9.74. The van der Waals surface area contributed by atoms with E-state index in [2.05, 4.69) is 32.0 Å². The van der Waals surface area contributed by atoms with Crippen molar-refractivity contribution in [3.63, 3.8) is 0 Å². The van der Waals surface area contributed by atoms with Gasteiger partial charge in [-0.25, -0.2) is 0 Å². The third-order valence-electron chi connectivity index (χ3n) is 4.13. The van der Waals surface area contributed by atoms with Crippen LogP contribution in [0.5, 0.6) is 0 Å². The highest BCUT2D eigenvalue weighted by Gasteiger charge is 2.47. The molecule has 0 radical (unpaired) electrons. The second-order valence-electron chi connectivity index (χ2n) is 5.32. The SMILES string of the molecule is CC.CCCCC1(CCC)C(=O)N(C)c2ccccc21. The molecule has 2 rings (SSSR count). The van der Waals surface area contributed by atoms with E-state index in [1.807, 2.05) is 31.9 Å². The molecule has 0 spiro atoms. The summed E-state index contributed by atoms with van der Waals surface area (Å²) in [7, 11) is 1.91. The Morgan fingerprint density at radius 1 is 1.05 bits per heavy atom. The molecule has 1 aliphatic heterocycles. The van der Waals surface area contributed by atoms with Crippen molar-refractivity contribution in [3.8, 4) is 0 Å². The zero-order valence-electron chi connectivity index (χ0n) is 13.7. The molecule has 20 heavy (non-hydrogen) atoms. The highest BCUT2D eigenvalue weighted by molar-refractivity contribution is 6.07. The number of carbonyl (C=O) groups is 1. The van der Waals surface area contributed by atoms with Crippen molar-refractivity contribution in [3.05, 3.63) is 29.8 Å². The van der Waals surface area contributed by atoms with E-state index in [9.17, 15) is 4.79 Å². The summed E-state index contributed by atoms with van der Waals surface area (Å²) in [4.78, 5) is 14.6. The minimum Gasteiger partial charge on any atom is -0.314 e. The summed E-state index contributed by atoms with van der Waals surface area (Å²) in [6.07, 6.45) is 5.26. The molecule has 0 bridgehead atoms. The molecule has 2 heteroatoms. The first-order valence-electron chi connectivity index (χ1n) is 8.05. The Labute approximate surface area is 124 Å². The number of benzene rings is 1. The van der Waals surface area contributed by atoms with E-state index in [1.54, 1.807) is 0 Å². The van der Waals surface area contributed by atoms with Crippen LogP contribution in [0.4, 0.5) is 5.69 Å². The topological polar surface area (TPSA) is 20.3 Å². The quantitative estimate of drug-likeness (QED) is 0.747. The van der Waals surface area contributed by atoms with E-state index in [1.165, 1.54) is 5.56 Å². The first-order valence-corrected chi connectivity index (χ1v) is 8.05. The second-order valence-corrected chi connectivity index (χ2v) is 5.32. The Kier molecular flexibility index (Phi) is 6.25. The molecule has 112 valence electrons. The van der Waals surface area contributed by atoms with Gasteiger partial charge >= 0.3 is 0 Å². The predicted molar refractivity (Wildman–Crippen MR) is 87.3 cm³/mol. The van der Waals surface area contributed by atoms with Crippen LogP contribution >= 0.6 is 0 Å². The monoisotopic (exact) mass is 275 g/mol. The number of carbonyl (C=O) groups excluding carboxylic acids is 1. The average molecular weight is 275 g/mol. The van der Waals surface area contributed by atoms with Gasteiger partial charge in [0.2, 0.25) is 5.91 Å². The summed E-state index contributed by atoms with van der Waals surface area (Å²) in [5, 5.41) is 0. The molecule has 0 N–H and O–H groups in total. The van der Waals surface area contributed by atoms with Gasteiger partial charge in [-0.05, 0) is 24.5 Å². The van der Waals surface area contributed by atoms with Crippen molar-refractivity contribution >= 4 is 11.6 Å². The number of hydrogen-bond acceptors (Lipinski definition) is 1. The van der Waals surface area contributed by atoms with Gasteiger partial charge in [0.15, 0.2) is 0 Å². The van der Waals surface area contributed by atoms with Gasteiger partial charge in [-0.3, -0.25) is 4.79 Å². The van der Waals surface area contributed by atoms with Crippen LogP contribution in [-0.4, -0.2) is 13.0 Å². The van der Waals surface area contributed by atoms with Crippen LogP contribution in [0.1, 0.15) is 65.4 Å². The molecule has 1 aromatic rings. The lowest BCUT2D eigenvalue weighted by Gasteiger charge is -2.28. The summed E-state index contributed by atoms with van der Waals surface area (Å²) in [6.45, 7) is 8.36. The van der Waals surface area contributed by atoms with Crippen LogP contribution in [0.25, 0.3) is 0 Å². The number of amides is 1. The largest absolute Gasteiger partial charge is 0.314 e. The molecular weight excluding hydrogens is 246 g/mol. The van der Waals surface area contributed by atoms with Gasteiger partial charge in [0.1, 0.15) is 0 Å². The van der Waals surface area contributed by atoms with Gasteiger partial charge in [0.25, 0.3) is 0 Å². The Bertz CT molecular complexity index is 441. The average Bonchev–Trinajstić information content (AvgIpc) is 2.71. The van der Waals surface area contributed by atoms with Gasteiger partial charge in [-0.2, -0.15) is 0 Å². The van der Waals surface area contributed by atoms with Crippen LogP contribution in [-0.2, 0) is 10.2 Å². The van der Waals surface area contributed by atoms with E-state index < -0.39 is 0 Å². The van der Waals surface area contributed by atoms with E-state index in [0.717, 1.165) is 37.8 Å². The molecule has 0 saturated carbocycles. The lowest BCUT2D eigenvalue weighted by Crippen LogP contribution is -2.38. The Morgan fingerprint density at radius 3 is 2.30 bits per heavy atom. The van der Waals surface area contributed by atoms with Crippen LogP contribution in [0.15, 0.2) is 24.3 Å². The fourth-order valence-electron chi connectivity index (χ4n) is 3.23. The number of fused-ring (bicyclic) bond motifs is 1. The summed E-state index contributed by atoms with van der Waals surface area (Å²) < 4.78 is 0. The summed E-state index contributed by atoms with van der Waals surface area (Å²) in [6, 6.07) is 8.28. The first kappa shape index (κ1) is 16.7. The van der Waals surface area contributed by atoms with Crippen molar-refractivity contribution in [1.82, 2.24) is 0 Å². The minimum absolute atomic E-state index is 0.254. The van der Waals surface area contributed by atoms with Crippen LogP contribution in [0.3, 0.4) is 0 Å². The molecule has 2 nitrogen and oxygen atoms in total. The smallest absolute Gasteiger partial charge is 0.237 e. The normalized spacial score (nSPS) is 20.4. The van der Waals surface area contributed by atoms with E-state index >= 15 is 0 Å². The fourth-order valence-corrected chi connectivity index (χ4v) is 3.23. The highest BCUT2D eigenvalue weighted by atomic mass is 16.2. The van der Waals surface area contributed by atoms with Crippen LogP contribution in [0, 0.1) is 0 Å². The zero-order chi connectivity index (χ0) is 15.2. The molecule has 1 heterocycles. The molecule has 0 aliphatic carbocycles. The fraction of sp³-hybridized carbons (Fsp3) is 0.611. The van der Waals surface area contributed by atoms with Gasteiger partial charge in [-0.1, -0.05) is 65.2 Å². The van der Waals surface area contributed by atoms with Crippen molar-refractivity contribution in [2.45, 2.75) is 65.2 Å². The maximum Gasteiger partial charge on any atom is 0.237 e. The van der Waals surface area contributed by atoms with Crippen molar-refractivity contribution < 1.29 is 4.79 Å². The van der Waals surface area contributed by atoms with Gasteiger partial charge in [0.05, 0.1) is 5.41 Å². The third kappa shape index (κ3) is 2.74.